The van der Waals surface area contributed by atoms with Gasteiger partial charge in [-0.3, -0.25) is 29.1 Å². The minimum absolute atomic E-state index is 0.00495. The number of nitriles is 1. The first-order chi connectivity index (χ1) is 37.2. The number of ether oxygens (including phenoxy) is 1. The molecule has 3 aromatic heterocycles. The fraction of sp³-hybridized carbons (Fsp3) is 0.386. The van der Waals surface area contributed by atoms with Crippen LogP contribution in [0, 0.1) is 34.5 Å². The predicted molar refractivity (Wildman–Crippen MR) is 289 cm³/mol. The number of anilines is 1. The molecule has 2 aliphatic heterocycles. The summed E-state index contributed by atoms with van der Waals surface area (Å²) in [6.45, 7) is 2.36. The van der Waals surface area contributed by atoms with Gasteiger partial charge in [-0.15, -0.1) is 0 Å². The van der Waals surface area contributed by atoms with Crippen molar-refractivity contribution in [1.82, 2.24) is 34.4 Å². The molecule has 402 valence electrons. The fourth-order valence-electron chi connectivity index (χ4n) is 10.3. The van der Waals surface area contributed by atoms with Crippen molar-refractivity contribution >= 4 is 52.2 Å². The summed E-state index contributed by atoms with van der Waals surface area (Å²) in [4.78, 5) is 65.0. The molecule has 20 heteroatoms. The lowest BCUT2D eigenvalue weighted by molar-refractivity contribution is -0.139. The van der Waals surface area contributed by atoms with Crippen molar-refractivity contribution in [2.75, 3.05) is 31.4 Å². The van der Waals surface area contributed by atoms with E-state index < -0.39 is 11.7 Å². The number of hydrogen-bond acceptors (Lipinski definition) is 13. The molecule has 15 nitrogen and oxygen atoms in total. The van der Waals surface area contributed by atoms with E-state index in [0.717, 1.165) is 101 Å². The highest BCUT2D eigenvalue weighted by molar-refractivity contribution is 8.00. The number of primary amides is 1. The molecule has 10 rings (SSSR count). The van der Waals surface area contributed by atoms with Gasteiger partial charge in [0.1, 0.15) is 23.9 Å². The number of benzene rings is 3. The Hall–Kier alpha value is -7.37. The van der Waals surface area contributed by atoms with Crippen LogP contribution in [0.15, 0.2) is 121 Å². The number of likely N-dealkylation sites (tertiary alicyclic amines) is 2. The minimum Gasteiger partial charge on any atom is -0.455 e. The molecule has 0 radical (unpaired) electrons. The second-order valence-corrected chi connectivity index (χ2v) is 21.6. The maximum absolute atomic E-state index is 13.6. The fourth-order valence-corrected chi connectivity index (χ4v) is 11.5. The number of halogens is 3. The van der Waals surface area contributed by atoms with E-state index in [4.69, 9.17) is 10.5 Å². The summed E-state index contributed by atoms with van der Waals surface area (Å²) < 4.78 is 54.0. The van der Waals surface area contributed by atoms with Crippen LogP contribution in [0.4, 0.5) is 18.3 Å². The Bertz CT molecular complexity index is 2980. The van der Waals surface area contributed by atoms with E-state index in [-0.39, 0.29) is 53.5 Å². The second kappa shape index (κ2) is 26.1. The molecule has 2 saturated heterocycles. The number of carbonyl (C=O) groups excluding carboxylic acids is 4. The quantitative estimate of drug-likeness (QED) is 0.0978. The summed E-state index contributed by atoms with van der Waals surface area (Å²) >= 11 is 2.48. The molecular weight excluding hydrogens is 1030 g/mol. The largest absolute Gasteiger partial charge is 0.455 e. The highest BCUT2D eigenvalue weighted by Crippen LogP contribution is 2.47. The Morgan fingerprint density at radius 3 is 2.21 bits per heavy atom. The maximum atomic E-state index is 13.6. The van der Waals surface area contributed by atoms with Crippen LogP contribution in [0.3, 0.4) is 0 Å². The van der Waals surface area contributed by atoms with Gasteiger partial charge in [0, 0.05) is 85.5 Å². The number of nitrogens with zero attached hydrogens (tertiary/aromatic N) is 7. The average Bonchev–Trinajstić information content (AvgIpc) is 4.12. The van der Waals surface area contributed by atoms with Crippen LogP contribution in [-0.4, -0.2) is 79.4 Å². The molecule has 1 unspecified atom stereocenters. The highest BCUT2D eigenvalue weighted by Gasteiger charge is 2.42. The molecule has 77 heavy (non-hydrogen) atoms. The number of amides is 4. The SMILES string of the molecule is CN1CC(C(=O)N2CCC3(CCC(C(N)=O)CC3)CC2)CC1=O.N#Cc1cc(SNc2ncns2)ccc1Oc1ccc(-c2cccc(C(F)(F)F)c2)cc1-c1ccnc(CNC(=O)C2CCCCC2)c1.c1ccncc1. The van der Waals surface area contributed by atoms with Crippen LogP contribution >= 0.6 is 23.5 Å². The van der Waals surface area contributed by atoms with E-state index in [1.165, 1.54) is 35.9 Å². The number of alkyl halides is 3. The number of piperidine rings is 1. The van der Waals surface area contributed by atoms with Crippen molar-refractivity contribution in [3.05, 3.63) is 133 Å². The number of hydrogen-bond donors (Lipinski definition) is 3. The second-order valence-electron chi connectivity index (χ2n) is 19.9. The van der Waals surface area contributed by atoms with Gasteiger partial charge in [0.25, 0.3) is 0 Å². The van der Waals surface area contributed by atoms with Crippen LogP contribution in [-0.2, 0) is 31.9 Å². The lowest BCUT2D eigenvalue weighted by Gasteiger charge is -2.46. The van der Waals surface area contributed by atoms with Crippen LogP contribution in [0.5, 0.6) is 11.5 Å². The first-order valence-electron chi connectivity index (χ1n) is 25.8. The first-order valence-corrected chi connectivity index (χ1v) is 27.4. The van der Waals surface area contributed by atoms with Gasteiger partial charge in [-0.1, -0.05) is 43.5 Å². The zero-order valence-corrected chi connectivity index (χ0v) is 44.3. The number of carbonyl (C=O) groups is 4. The molecule has 2 aliphatic carbocycles. The van der Waals surface area contributed by atoms with Crippen LogP contribution < -0.4 is 20.5 Å². The number of pyridine rings is 2. The standard InChI is InChI=1S/C35H29F3N6O2S2.C17H27N3O3.C5H5N/c36-35(37,38)27-8-4-7-23(15-27)24-9-11-32(46-31-12-10-29(17-26(31)19-39)47-44-34-42-21-43-48-34)30(18-24)25-13-14-40-28(16-25)20-41-33(45)22-5-2-1-3-6-22;1-19-11-13(10-14(19)21)16(23)20-8-6-17(7-9-20)4-2-12(3-5-17)15(18)22;1-2-4-6-5-3-1/h4,7-18,21-22H,1-3,5-6,20H2,(H,41,45)(H,42,43,44);12-13H,2-11H2,1H3,(H2,18,22);1-5H. The third kappa shape index (κ3) is 15.2. The molecule has 1 spiro atoms. The van der Waals surface area contributed by atoms with E-state index in [1.54, 1.807) is 79.1 Å². The third-order valence-corrected chi connectivity index (χ3v) is 16.3. The summed E-state index contributed by atoms with van der Waals surface area (Å²) in [5.74, 6) is 0.643. The lowest BCUT2D eigenvalue weighted by Crippen LogP contribution is -2.47. The Morgan fingerprint density at radius 1 is 0.831 bits per heavy atom. The number of aromatic nitrogens is 4. The van der Waals surface area contributed by atoms with Gasteiger partial charge in [0.2, 0.25) is 28.8 Å². The van der Waals surface area contributed by atoms with Crippen molar-refractivity contribution in [3.63, 3.8) is 0 Å². The molecule has 2 saturated carbocycles. The number of rotatable bonds is 12. The van der Waals surface area contributed by atoms with Crippen molar-refractivity contribution in [1.29, 1.82) is 5.26 Å². The van der Waals surface area contributed by atoms with Gasteiger partial charge in [-0.2, -0.15) is 22.8 Å². The summed E-state index contributed by atoms with van der Waals surface area (Å²) in [6.07, 6.45) is 13.4. The van der Waals surface area contributed by atoms with E-state index in [1.807, 2.05) is 29.2 Å². The molecule has 1 atom stereocenters. The maximum Gasteiger partial charge on any atom is 0.416 e. The molecule has 4 aliphatic rings. The summed E-state index contributed by atoms with van der Waals surface area (Å²) in [6, 6.07) is 26.9. The molecular formula is C57H61F3N10O5S2. The zero-order valence-electron chi connectivity index (χ0n) is 42.7. The topological polar surface area (TPSA) is 209 Å². The molecule has 3 aromatic carbocycles. The molecule has 4 fully saturated rings. The summed E-state index contributed by atoms with van der Waals surface area (Å²) in [5.41, 5.74) is 8.05. The highest BCUT2D eigenvalue weighted by atomic mass is 32.2. The Morgan fingerprint density at radius 2 is 1.57 bits per heavy atom. The van der Waals surface area contributed by atoms with Gasteiger partial charge in [-0.25, -0.2) is 4.98 Å². The van der Waals surface area contributed by atoms with E-state index in [0.29, 0.717) is 63.0 Å². The average molecular weight is 1090 g/mol. The smallest absolute Gasteiger partial charge is 0.416 e. The normalized spacial score (nSPS) is 17.5. The van der Waals surface area contributed by atoms with Gasteiger partial charge < -0.3 is 30.3 Å². The predicted octanol–water partition coefficient (Wildman–Crippen LogP) is 11.1. The van der Waals surface area contributed by atoms with Gasteiger partial charge >= 0.3 is 6.18 Å². The lowest BCUT2D eigenvalue weighted by atomic mass is 9.65. The van der Waals surface area contributed by atoms with E-state index in [2.05, 4.69) is 35.4 Å². The molecule has 4 amide bonds. The number of nitrogens with one attached hydrogen (secondary N) is 2. The third-order valence-electron chi connectivity index (χ3n) is 14.8. The summed E-state index contributed by atoms with van der Waals surface area (Å²) in [5, 5.41) is 13.6. The van der Waals surface area contributed by atoms with Crippen LogP contribution in [0.1, 0.15) is 93.9 Å². The minimum atomic E-state index is -4.49. The van der Waals surface area contributed by atoms with Gasteiger partial charge in [0.05, 0.1) is 29.3 Å². The first kappa shape index (κ1) is 55.9. The van der Waals surface area contributed by atoms with Gasteiger partial charge in [-0.05, 0) is 152 Å². The molecule has 5 heterocycles. The van der Waals surface area contributed by atoms with E-state index in [9.17, 15) is 37.6 Å². The van der Waals surface area contributed by atoms with Crippen molar-refractivity contribution < 1.29 is 37.1 Å². The monoisotopic (exact) mass is 1090 g/mol. The van der Waals surface area contributed by atoms with Crippen LogP contribution in [0.2, 0.25) is 0 Å². The van der Waals surface area contributed by atoms with Crippen LogP contribution in [0.25, 0.3) is 22.3 Å². The summed E-state index contributed by atoms with van der Waals surface area (Å²) in [7, 11) is 1.76. The molecule has 0 bridgehead atoms. The Kier molecular flexibility index (Phi) is 18.9. The molecule has 6 aromatic rings. The van der Waals surface area contributed by atoms with Crippen molar-refractivity contribution in [2.45, 2.75) is 94.7 Å². The van der Waals surface area contributed by atoms with Crippen molar-refractivity contribution in [2.24, 2.45) is 28.9 Å². The molecule has 4 N–H and O–H groups in total. The zero-order chi connectivity index (χ0) is 54.4. The van der Waals surface area contributed by atoms with Gasteiger partial charge in [0.15, 0.2) is 0 Å². The van der Waals surface area contributed by atoms with E-state index >= 15 is 0 Å². The Labute approximate surface area is 454 Å². The Balaban J connectivity index is 0.000000222. The number of nitrogens with two attached hydrogens (primary N) is 1. The van der Waals surface area contributed by atoms with Crippen molar-refractivity contribution in [3.8, 4) is 39.8 Å².